The molecular weight excluding hydrogens is 432 g/mol. The molecular formula is C16H24Br2O5. The third-order valence-electron chi connectivity index (χ3n) is 5.07. The molecule has 0 radical (unpaired) electrons. The van der Waals surface area contributed by atoms with Gasteiger partial charge in [-0.2, -0.15) is 0 Å². The van der Waals surface area contributed by atoms with Crippen molar-refractivity contribution < 1.29 is 24.2 Å². The fraction of sp³-hybridized carbons (Fsp3) is 0.875. The highest BCUT2D eigenvalue weighted by Crippen LogP contribution is 2.51. The van der Waals surface area contributed by atoms with Crippen molar-refractivity contribution in [2.75, 3.05) is 6.61 Å². The molecule has 2 fully saturated rings. The largest absolute Gasteiger partial charge is 0.466 e. The van der Waals surface area contributed by atoms with Gasteiger partial charge in [-0.15, -0.1) is 0 Å². The summed E-state index contributed by atoms with van der Waals surface area (Å²) in [6.45, 7) is 5.50. The summed E-state index contributed by atoms with van der Waals surface area (Å²) in [5, 5.41) is 10.7. The van der Waals surface area contributed by atoms with Crippen LogP contribution in [0, 0.1) is 23.7 Å². The Balaban J connectivity index is 2.27. The van der Waals surface area contributed by atoms with Crippen molar-refractivity contribution in [3.63, 3.8) is 0 Å². The molecule has 2 aliphatic carbocycles. The van der Waals surface area contributed by atoms with Crippen molar-refractivity contribution >= 4 is 43.8 Å². The van der Waals surface area contributed by atoms with Crippen molar-refractivity contribution in [1.29, 1.82) is 0 Å². The van der Waals surface area contributed by atoms with E-state index in [9.17, 15) is 14.7 Å². The van der Waals surface area contributed by atoms with Gasteiger partial charge in [-0.25, -0.2) is 0 Å². The fourth-order valence-electron chi connectivity index (χ4n) is 4.13. The second kappa shape index (κ2) is 7.83. The maximum Gasteiger partial charge on any atom is 0.309 e. The third-order valence-corrected chi connectivity index (χ3v) is 8.43. The molecule has 7 heteroatoms. The Morgan fingerprint density at radius 3 is 2.43 bits per heavy atom. The van der Waals surface area contributed by atoms with E-state index in [2.05, 4.69) is 31.9 Å². The molecule has 0 bridgehead atoms. The Kier molecular flexibility index (Phi) is 6.53. The van der Waals surface area contributed by atoms with Gasteiger partial charge in [0.25, 0.3) is 0 Å². The summed E-state index contributed by atoms with van der Waals surface area (Å²) >= 11 is 7.41. The van der Waals surface area contributed by atoms with E-state index < -0.39 is 6.10 Å². The topological polar surface area (TPSA) is 72.8 Å². The van der Waals surface area contributed by atoms with Crippen molar-refractivity contribution in [2.45, 2.75) is 55.5 Å². The molecule has 0 aromatic carbocycles. The number of aliphatic hydroxyl groups excluding tert-OH is 1. The number of halogens is 2. The number of carbonyl (C=O) groups is 2. The average Bonchev–Trinajstić information content (AvgIpc) is 2.46. The number of rotatable bonds is 3. The highest BCUT2D eigenvalue weighted by Gasteiger charge is 2.55. The monoisotopic (exact) mass is 454 g/mol. The lowest BCUT2D eigenvalue weighted by molar-refractivity contribution is -0.169. The molecule has 5 unspecified atom stereocenters. The summed E-state index contributed by atoms with van der Waals surface area (Å²) in [5.74, 6) is -1.05. The van der Waals surface area contributed by atoms with Crippen LogP contribution in [-0.4, -0.2) is 45.5 Å². The number of carbonyl (C=O) groups excluding carboxylic acids is 2. The summed E-state index contributed by atoms with van der Waals surface area (Å²) in [5.41, 5.74) is 0. The first-order valence-corrected chi connectivity index (χ1v) is 9.91. The van der Waals surface area contributed by atoms with Gasteiger partial charge in [-0.1, -0.05) is 38.8 Å². The van der Waals surface area contributed by atoms with Crippen LogP contribution in [0.3, 0.4) is 0 Å². The zero-order valence-corrected chi connectivity index (χ0v) is 16.7. The third kappa shape index (κ3) is 3.93. The summed E-state index contributed by atoms with van der Waals surface area (Å²) in [6.07, 6.45) is 0.0209. The minimum Gasteiger partial charge on any atom is -0.466 e. The molecule has 0 aliphatic heterocycles. The van der Waals surface area contributed by atoms with Crippen LogP contribution in [0.1, 0.15) is 33.6 Å². The molecule has 0 aromatic heterocycles. The van der Waals surface area contributed by atoms with Gasteiger partial charge in [0.1, 0.15) is 6.10 Å². The van der Waals surface area contributed by atoms with Gasteiger partial charge in [0.2, 0.25) is 0 Å². The van der Waals surface area contributed by atoms with Crippen molar-refractivity contribution in [2.24, 2.45) is 23.7 Å². The van der Waals surface area contributed by atoms with E-state index in [0.717, 1.165) is 0 Å². The number of esters is 2. The van der Waals surface area contributed by atoms with Gasteiger partial charge < -0.3 is 14.6 Å². The molecule has 0 heterocycles. The number of hydrogen-bond acceptors (Lipinski definition) is 5. The summed E-state index contributed by atoms with van der Waals surface area (Å²) < 4.78 is 10.6. The first-order valence-electron chi connectivity index (χ1n) is 8.07. The number of alkyl halides is 2. The van der Waals surface area contributed by atoms with Crippen LogP contribution < -0.4 is 0 Å². The maximum atomic E-state index is 12.5. The molecule has 0 spiro atoms. The second-order valence-corrected chi connectivity index (χ2v) is 8.65. The number of aliphatic hydroxyl groups is 1. The fourth-order valence-corrected chi connectivity index (χ4v) is 5.90. The zero-order chi connectivity index (χ0) is 17.3. The van der Waals surface area contributed by atoms with Crippen molar-refractivity contribution in [1.82, 2.24) is 0 Å². The lowest BCUT2D eigenvalue weighted by Gasteiger charge is -2.51. The van der Waals surface area contributed by atoms with Gasteiger partial charge in [0.15, 0.2) is 0 Å². The predicted octanol–water partition coefficient (Wildman–Crippen LogP) is 2.66. The SMILES string of the molecule is CCOC(=O)[C@@H]1C2C(O)C[C@H](OC(C)=O)CC2C(Br)C(Br)[C@@H]1C. The number of hydrogen-bond donors (Lipinski definition) is 1. The molecule has 0 saturated heterocycles. The number of fused-ring (bicyclic) bond motifs is 1. The minimum absolute atomic E-state index is 0.0399. The Hall–Kier alpha value is -0.140. The van der Waals surface area contributed by atoms with Crippen LogP contribution in [-0.2, 0) is 19.1 Å². The summed E-state index contributed by atoms with van der Waals surface area (Å²) in [7, 11) is 0. The Labute approximate surface area is 153 Å². The molecule has 132 valence electrons. The molecule has 5 nitrogen and oxygen atoms in total. The molecule has 2 rings (SSSR count). The zero-order valence-electron chi connectivity index (χ0n) is 13.6. The van der Waals surface area contributed by atoms with Crippen LogP contribution in [0.4, 0.5) is 0 Å². The first kappa shape index (κ1) is 19.2. The quantitative estimate of drug-likeness (QED) is 0.523. The van der Waals surface area contributed by atoms with E-state index in [4.69, 9.17) is 9.47 Å². The lowest BCUT2D eigenvalue weighted by atomic mass is 9.60. The Bertz CT molecular complexity index is 458. The molecule has 2 saturated carbocycles. The van der Waals surface area contributed by atoms with Crippen LogP contribution in [0.25, 0.3) is 0 Å². The van der Waals surface area contributed by atoms with E-state index in [1.807, 2.05) is 6.92 Å². The van der Waals surface area contributed by atoms with E-state index in [1.54, 1.807) is 6.92 Å². The highest BCUT2D eigenvalue weighted by molar-refractivity contribution is 9.12. The number of ether oxygens (including phenoxy) is 2. The van der Waals surface area contributed by atoms with Gasteiger partial charge in [-0.05, 0) is 25.2 Å². The van der Waals surface area contributed by atoms with Crippen molar-refractivity contribution in [3.8, 4) is 0 Å². The van der Waals surface area contributed by atoms with Crippen LogP contribution >= 0.6 is 31.9 Å². The standard InChI is InChI=1S/C16H24Br2O5/c1-4-22-16(21)12-7(2)14(17)15(18)10-5-9(23-8(3)19)6-11(20)13(10)12/h7,9-15,20H,4-6H2,1-3H3/t7-,9-,10?,11?,12+,13?,14?,15?/m1/s1. The van der Waals surface area contributed by atoms with Gasteiger partial charge >= 0.3 is 11.9 Å². The second-order valence-electron chi connectivity index (χ2n) is 6.54. The van der Waals surface area contributed by atoms with Gasteiger partial charge in [0, 0.05) is 28.9 Å². The molecule has 0 aromatic rings. The maximum absolute atomic E-state index is 12.5. The van der Waals surface area contributed by atoms with Crippen LogP contribution in [0.5, 0.6) is 0 Å². The van der Waals surface area contributed by atoms with Crippen LogP contribution in [0.15, 0.2) is 0 Å². The first-order chi connectivity index (χ1) is 10.8. The van der Waals surface area contributed by atoms with E-state index in [0.29, 0.717) is 19.4 Å². The average molecular weight is 456 g/mol. The molecule has 8 atom stereocenters. The molecule has 1 N–H and O–H groups in total. The van der Waals surface area contributed by atoms with Crippen LogP contribution in [0.2, 0.25) is 0 Å². The van der Waals surface area contributed by atoms with E-state index in [1.165, 1.54) is 6.92 Å². The lowest BCUT2D eigenvalue weighted by Crippen LogP contribution is -2.57. The highest BCUT2D eigenvalue weighted by atomic mass is 79.9. The van der Waals surface area contributed by atoms with Gasteiger partial charge in [-0.3, -0.25) is 9.59 Å². The smallest absolute Gasteiger partial charge is 0.309 e. The molecule has 0 amide bonds. The Morgan fingerprint density at radius 2 is 1.87 bits per heavy atom. The molecule has 23 heavy (non-hydrogen) atoms. The predicted molar refractivity (Wildman–Crippen MR) is 92.5 cm³/mol. The summed E-state index contributed by atoms with van der Waals surface area (Å²) in [4.78, 5) is 23.9. The van der Waals surface area contributed by atoms with Gasteiger partial charge in [0.05, 0.1) is 18.6 Å². The molecule has 2 aliphatic rings. The van der Waals surface area contributed by atoms with E-state index >= 15 is 0 Å². The Morgan fingerprint density at radius 1 is 1.22 bits per heavy atom. The van der Waals surface area contributed by atoms with Crippen molar-refractivity contribution in [3.05, 3.63) is 0 Å². The van der Waals surface area contributed by atoms with E-state index in [-0.39, 0.29) is 51.4 Å². The minimum atomic E-state index is -0.685. The summed E-state index contributed by atoms with van der Waals surface area (Å²) in [6, 6.07) is 0. The normalized spacial score (nSPS) is 43.4.